The van der Waals surface area contributed by atoms with Gasteiger partial charge in [0.05, 0.1) is 0 Å². The summed E-state index contributed by atoms with van der Waals surface area (Å²) in [6.45, 7) is 0. The molecule has 0 bridgehead atoms. The van der Waals surface area contributed by atoms with Gasteiger partial charge in [-0.25, -0.2) is 4.39 Å². The van der Waals surface area contributed by atoms with Gasteiger partial charge in [0.25, 0.3) is 0 Å². The molecule has 20 heavy (non-hydrogen) atoms. The molecule has 0 spiro atoms. The predicted molar refractivity (Wildman–Crippen MR) is 81.2 cm³/mol. The highest BCUT2D eigenvalue weighted by Gasteiger charge is 2.06. The molecule has 0 fully saturated rings. The molecule has 1 heterocycles. The van der Waals surface area contributed by atoms with Crippen molar-refractivity contribution in [1.29, 1.82) is 0 Å². The van der Waals surface area contributed by atoms with Crippen molar-refractivity contribution in [3.63, 3.8) is 0 Å². The average Bonchev–Trinajstić information content (AvgIpc) is 2.92. The number of hydrogen-bond acceptors (Lipinski definition) is 0. The number of rotatable bonds is 1. The van der Waals surface area contributed by atoms with E-state index in [1.807, 2.05) is 12.1 Å². The monoisotopic (exact) mass is 261 g/mol. The lowest BCUT2D eigenvalue weighted by Crippen LogP contribution is -1.77. The highest BCUT2D eigenvalue weighted by atomic mass is 19.1. The van der Waals surface area contributed by atoms with Gasteiger partial charge < -0.3 is 4.98 Å². The second kappa shape index (κ2) is 4.20. The molecule has 3 aromatic carbocycles. The summed E-state index contributed by atoms with van der Waals surface area (Å²) in [5.74, 6) is -0.213. The number of nitrogens with one attached hydrogen (secondary N) is 1. The Balaban J connectivity index is 1.98. The standard InChI is InChI=1S/C18H12FN/c19-14-8-5-13(6-9-14)18-11-16-15-4-2-1-3-12(15)7-10-17(16)20-18/h1-11,20H. The SMILES string of the molecule is Fc1ccc(-c2cc3c(ccc4ccccc43)[nH]2)cc1. The number of hydrogen-bond donors (Lipinski definition) is 1. The number of benzene rings is 3. The summed E-state index contributed by atoms with van der Waals surface area (Å²) >= 11 is 0. The van der Waals surface area contributed by atoms with Gasteiger partial charge in [-0.15, -0.1) is 0 Å². The minimum atomic E-state index is -0.213. The van der Waals surface area contributed by atoms with E-state index in [9.17, 15) is 4.39 Å². The summed E-state index contributed by atoms with van der Waals surface area (Å²) in [7, 11) is 0. The summed E-state index contributed by atoms with van der Waals surface area (Å²) in [5, 5.41) is 3.65. The molecular weight excluding hydrogens is 249 g/mol. The largest absolute Gasteiger partial charge is 0.355 e. The molecule has 0 saturated heterocycles. The summed E-state index contributed by atoms with van der Waals surface area (Å²) in [4.78, 5) is 3.40. The zero-order valence-corrected chi connectivity index (χ0v) is 10.7. The van der Waals surface area contributed by atoms with Crippen LogP contribution in [0.4, 0.5) is 4.39 Å². The first-order valence-electron chi connectivity index (χ1n) is 6.58. The molecule has 2 heteroatoms. The van der Waals surface area contributed by atoms with Crippen molar-refractivity contribution in [2.24, 2.45) is 0 Å². The van der Waals surface area contributed by atoms with E-state index in [0.29, 0.717) is 0 Å². The molecule has 0 saturated carbocycles. The third-order valence-corrected chi connectivity index (χ3v) is 3.68. The lowest BCUT2D eigenvalue weighted by molar-refractivity contribution is 0.628. The number of aromatic nitrogens is 1. The molecule has 0 amide bonds. The van der Waals surface area contributed by atoms with Crippen molar-refractivity contribution in [2.75, 3.05) is 0 Å². The minimum Gasteiger partial charge on any atom is -0.355 e. The Morgan fingerprint density at radius 2 is 1.55 bits per heavy atom. The molecule has 0 aliphatic carbocycles. The van der Waals surface area contributed by atoms with Gasteiger partial charge in [0.1, 0.15) is 5.82 Å². The molecule has 1 nitrogen and oxygen atoms in total. The number of halogens is 1. The van der Waals surface area contributed by atoms with Crippen LogP contribution in [0, 0.1) is 5.82 Å². The Bertz CT molecular complexity index is 904. The van der Waals surface area contributed by atoms with Gasteiger partial charge >= 0.3 is 0 Å². The molecule has 1 aromatic heterocycles. The summed E-state index contributed by atoms with van der Waals surface area (Å²) < 4.78 is 13.0. The van der Waals surface area contributed by atoms with E-state index in [2.05, 4.69) is 35.3 Å². The van der Waals surface area contributed by atoms with E-state index in [4.69, 9.17) is 0 Å². The van der Waals surface area contributed by atoms with Crippen LogP contribution in [0.3, 0.4) is 0 Å². The molecular formula is C18H12FN. The van der Waals surface area contributed by atoms with Crippen LogP contribution < -0.4 is 0 Å². The van der Waals surface area contributed by atoms with Gasteiger partial charge in [0.15, 0.2) is 0 Å². The summed E-state index contributed by atoms with van der Waals surface area (Å²) in [6, 6.07) is 21.2. The van der Waals surface area contributed by atoms with Crippen LogP contribution in [-0.2, 0) is 0 Å². The van der Waals surface area contributed by atoms with Gasteiger partial charge in [0.2, 0.25) is 0 Å². The van der Waals surface area contributed by atoms with Crippen molar-refractivity contribution < 1.29 is 4.39 Å². The summed E-state index contributed by atoms with van der Waals surface area (Å²) in [6.07, 6.45) is 0. The third-order valence-electron chi connectivity index (χ3n) is 3.68. The third kappa shape index (κ3) is 1.69. The van der Waals surface area contributed by atoms with Crippen molar-refractivity contribution in [1.82, 2.24) is 4.98 Å². The van der Waals surface area contributed by atoms with E-state index in [1.54, 1.807) is 12.1 Å². The Morgan fingerprint density at radius 1 is 0.750 bits per heavy atom. The fourth-order valence-electron chi connectivity index (χ4n) is 2.67. The van der Waals surface area contributed by atoms with E-state index < -0.39 is 0 Å². The first kappa shape index (κ1) is 11.2. The van der Waals surface area contributed by atoms with Gasteiger partial charge in [-0.1, -0.05) is 30.3 Å². The molecule has 0 radical (unpaired) electrons. The van der Waals surface area contributed by atoms with Crippen LogP contribution >= 0.6 is 0 Å². The van der Waals surface area contributed by atoms with E-state index >= 15 is 0 Å². The molecule has 0 unspecified atom stereocenters. The normalized spacial score (nSPS) is 11.2. The van der Waals surface area contributed by atoms with Gasteiger partial charge in [0, 0.05) is 16.6 Å². The molecule has 0 aliphatic rings. The average molecular weight is 261 g/mol. The Labute approximate surface area is 115 Å². The second-order valence-corrected chi connectivity index (χ2v) is 4.94. The van der Waals surface area contributed by atoms with Gasteiger partial charge in [-0.3, -0.25) is 0 Å². The van der Waals surface area contributed by atoms with Gasteiger partial charge in [-0.2, -0.15) is 0 Å². The van der Waals surface area contributed by atoms with Crippen molar-refractivity contribution in [3.05, 3.63) is 72.5 Å². The lowest BCUT2D eigenvalue weighted by Gasteiger charge is -1.97. The smallest absolute Gasteiger partial charge is 0.123 e. The maximum Gasteiger partial charge on any atom is 0.123 e. The van der Waals surface area contributed by atoms with Crippen LogP contribution in [0.1, 0.15) is 0 Å². The topological polar surface area (TPSA) is 15.8 Å². The van der Waals surface area contributed by atoms with Crippen LogP contribution in [0.25, 0.3) is 32.9 Å². The quantitative estimate of drug-likeness (QED) is 0.489. The predicted octanol–water partition coefficient (Wildman–Crippen LogP) is 5.13. The van der Waals surface area contributed by atoms with Crippen LogP contribution in [0.2, 0.25) is 0 Å². The minimum absolute atomic E-state index is 0.213. The Kier molecular flexibility index (Phi) is 2.36. The highest BCUT2D eigenvalue weighted by molar-refractivity contribution is 6.08. The zero-order valence-electron chi connectivity index (χ0n) is 10.7. The first-order chi connectivity index (χ1) is 9.81. The van der Waals surface area contributed by atoms with E-state index in [-0.39, 0.29) is 5.82 Å². The van der Waals surface area contributed by atoms with E-state index in [0.717, 1.165) is 16.8 Å². The van der Waals surface area contributed by atoms with Crippen LogP contribution in [0.5, 0.6) is 0 Å². The highest BCUT2D eigenvalue weighted by Crippen LogP contribution is 2.29. The first-order valence-corrected chi connectivity index (χ1v) is 6.58. The molecule has 0 aliphatic heterocycles. The van der Waals surface area contributed by atoms with Crippen molar-refractivity contribution in [3.8, 4) is 11.3 Å². The van der Waals surface area contributed by atoms with Gasteiger partial charge in [-0.05, 0) is 52.7 Å². The molecule has 0 atom stereocenters. The Morgan fingerprint density at radius 3 is 2.40 bits per heavy atom. The second-order valence-electron chi connectivity index (χ2n) is 4.94. The summed E-state index contributed by atoms with van der Waals surface area (Å²) in [5.41, 5.74) is 3.10. The lowest BCUT2D eigenvalue weighted by atomic mass is 10.1. The molecule has 1 N–H and O–H groups in total. The molecule has 96 valence electrons. The number of aromatic amines is 1. The van der Waals surface area contributed by atoms with E-state index in [1.165, 1.54) is 28.3 Å². The molecule has 4 rings (SSSR count). The number of fused-ring (bicyclic) bond motifs is 3. The van der Waals surface area contributed by atoms with Crippen LogP contribution in [0.15, 0.2) is 66.7 Å². The molecule has 4 aromatic rings. The zero-order chi connectivity index (χ0) is 13.5. The van der Waals surface area contributed by atoms with Crippen molar-refractivity contribution in [2.45, 2.75) is 0 Å². The maximum absolute atomic E-state index is 13.0. The Hall–Kier alpha value is -2.61. The van der Waals surface area contributed by atoms with Crippen LogP contribution in [-0.4, -0.2) is 4.98 Å². The number of H-pyrrole nitrogens is 1. The fourth-order valence-corrected chi connectivity index (χ4v) is 2.67. The maximum atomic E-state index is 13.0. The van der Waals surface area contributed by atoms with Crippen molar-refractivity contribution >= 4 is 21.7 Å². The fraction of sp³-hybridized carbons (Fsp3) is 0.